The van der Waals surface area contributed by atoms with Crippen molar-refractivity contribution in [2.45, 2.75) is 63.4 Å². The van der Waals surface area contributed by atoms with Crippen LogP contribution in [0.25, 0.3) is 21.9 Å². The van der Waals surface area contributed by atoms with Crippen LogP contribution >= 0.6 is 7.75 Å². The van der Waals surface area contributed by atoms with E-state index in [1.54, 1.807) is 50.2 Å². The number of nitrogens with one attached hydrogen (secondary N) is 2. The third-order valence-electron chi connectivity index (χ3n) is 6.99. The number of benzene rings is 2. The van der Waals surface area contributed by atoms with Gasteiger partial charge in [0.05, 0.1) is 19.0 Å². The summed E-state index contributed by atoms with van der Waals surface area (Å²) in [5, 5.41) is 14.3. The van der Waals surface area contributed by atoms with Crippen molar-refractivity contribution in [1.82, 2.24) is 24.6 Å². The van der Waals surface area contributed by atoms with Gasteiger partial charge in [0, 0.05) is 5.39 Å². The van der Waals surface area contributed by atoms with Gasteiger partial charge in [-0.2, -0.15) is 10.1 Å². The van der Waals surface area contributed by atoms with E-state index < -0.39 is 68.6 Å². The Hall–Kier alpha value is -4.02. The van der Waals surface area contributed by atoms with E-state index in [0.29, 0.717) is 10.8 Å². The molecular formula is C27H30F3N6O8P. The zero-order chi connectivity index (χ0) is 32.7. The topological polar surface area (TPSA) is 193 Å². The molecule has 242 valence electrons. The van der Waals surface area contributed by atoms with Crippen LogP contribution in [-0.4, -0.2) is 73.6 Å². The average molecular weight is 655 g/mol. The minimum Gasteiger partial charge on any atom is -0.462 e. The van der Waals surface area contributed by atoms with E-state index >= 15 is 4.39 Å². The number of nitrogen functional groups attached to an aromatic ring is 1. The number of imidazole rings is 1. The van der Waals surface area contributed by atoms with Gasteiger partial charge in [0.15, 0.2) is 29.2 Å². The first-order valence-electron chi connectivity index (χ1n) is 13.7. The van der Waals surface area contributed by atoms with E-state index in [9.17, 15) is 28.0 Å². The molecule has 5 rings (SSSR count). The summed E-state index contributed by atoms with van der Waals surface area (Å²) in [5.74, 6) is -1.21. The lowest BCUT2D eigenvalue weighted by molar-refractivity contribution is -0.191. The molecule has 2 aromatic heterocycles. The second kappa shape index (κ2) is 12.4. The monoisotopic (exact) mass is 654 g/mol. The first-order chi connectivity index (χ1) is 21.2. The summed E-state index contributed by atoms with van der Waals surface area (Å²) in [6, 6.07) is 10.3. The zero-order valence-corrected chi connectivity index (χ0v) is 25.0. The van der Waals surface area contributed by atoms with Crippen LogP contribution in [-0.2, 0) is 23.4 Å². The molecule has 18 heteroatoms. The Morgan fingerprint density at radius 1 is 1.24 bits per heavy atom. The van der Waals surface area contributed by atoms with Gasteiger partial charge in [0.2, 0.25) is 5.95 Å². The van der Waals surface area contributed by atoms with Gasteiger partial charge in [-0.3, -0.25) is 23.7 Å². The predicted octanol–water partition coefficient (Wildman–Crippen LogP) is 3.22. The van der Waals surface area contributed by atoms with Crippen molar-refractivity contribution in [3.05, 3.63) is 59.1 Å². The lowest BCUT2D eigenvalue weighted by Gasteiger charge is -2.32. The molecule has 2 aromatic carbocycles. The maximum atomic E-state index is 15.6. The molecule has 45 heavy (non-hydrogen) atoms. The van der Waals surface area contributed by atoms with Crippen LogP contribution in [0.5, 0.6) is 5.75 Å². The van der Waals surface area contributed by atoms with Crippen LogP contribution in [0, 0.1) is 0 Å². The number of halogens is 3. The summed E-state index contributed by atoms with van der Waals surface area (Å²) in [5.41, 5.74) is 1.09. The number of H-pyrrole nitrogens is 1. The summed E-state index contributed by atoms with van der Waals surface area (Å²) >= 11 is 0. The van der Waals surface area contributed by atoms with Gasteiger partial charge in [-0.1, -0.05) is 36.4 Å². The number of aliphatic hydroxyl groups excluding tert-OH is 1. The molecule has 4 aromatic rings. The summed E-state index contributed by atoms with van der Waals surface area (Å²) in [6.07, 6.45) is -10.3. The first-order valence-corrected chi connectivity index (χ1v) is 15.2. The molecule has 0 amide bonds. The number of aromatic amines is 1. The van der Waals surface area contributed by atoms with Crippen LogP contribution in [0.2, 0.25) is 0 Å². The highest BCUT2D eigenvalue weighted by molar-refractivity contribution is 7.52. The first kappa shape index (κ1) is 32.4. The minimum absolute atomic E-state index is 0.00682. The van der Waals surface area contributed by atoms with E-state index in [0.717, 1.165) is 10.9 Å². The number of carbonyl (C=O) groups is 1. The number of hydrogen-bond acceptors (Lipinski definition) is 11. The van der Waals surface area contributed by atoms with Crippen molar-refractivity contribution in [3.8, 4) is 5.75 Å². The zero-order valence-electron chi connectivity index (χ0n) is 24.1. The number of carbonyl (C=O) groups excluding carboxylic acids is 1. The van der Waals surface area contributed by atoms with Crippen LogP contribution < -0.4 is 20.9 Å². The molecule has 1 fully saturated rings. The van der Waals surface area contributed by atoms with Crippen molar-refractivity contribution < 1.29 is 46.2 Å². The Morgan fingerprint density at radius 2 is 1.96 bits per heavy atom. The molecule has 1 aliphatic rings. The van der Waals surface area contributed by atoms with E-state index in [-0.39, 0.29) is 22.9 Å². The fourth-order valence-corrected chi connectivity index (χ4v) is 6.34. The molecule has 5 N–H and O–H groups in total. The largest absolute Gasteiger partial charge is 0.462 e. The van der Waals surface area contributed by atoms with Gasteiger partial charge in [-0.25, -0.2) is 22.7 Å². The van der Waals surface area contributed by atoms with E-state index in [4.69, 9.17) is 24.3 Å². The highest BCUT2D eigenvalue weighted by Gasteiger charge is 2.62. The lowest BCUT2D eigenvalue weighted by atomic mass is 9.97. The molecule has 0 spiro atoms. The average Bonchev–Trinajstić information content (AvgIpc) is 3.51. The molecular weight excluding hydrogens is 624 g/mol. The van der Waals surface area contributed by atoms with Crippen molar-refractivity contribution in [3.63, 3.8) is 0 Å². The third-order valence-corrected chi connectivity index (χ3v) is 8.60. The lowest BCUT2D eigenvalue weighted by Crippen LogP contribution is -2.52. The molecule has 1 saturated heterocycles. The number of fused-ring (bicyclic) bond motifs is 2. The fraction of sp³-hybridized carbons (Fsp3) is 0.407. The number of aromatic nitrogens is 4. The Balaban J connectivity index is 1.48. The summed E-state index contributed by atoms with van der Waals surface area (Å²) in [7, 11) is -4.80. The maximum Gasteiger partial charge on any atom is 0.459 e. The summed E-state index contributed by atoms with van der Waals surface area (Å²) in [6.45, 7) is 3.08. The molecule has 3 heterocycles. The quantitative estimate of drug-likeness (QED) is 0.137. The van der Waals surface area contributed by atoms with E-state index in [1.807, 2.05) is 0 Å². The maximum absolute atomic E-state index is 15.6. The van der Waals surface area contributed by atoms with Crippen LogP contribution in [0.4, 0.5) is 19.1 Å². The van der Waals surface area contributed by atoms with Gasteiger partial charge in [-0.05, 0) is 32.2 Å². The smallest absolute Gasteiger partial charge is 0.459 e. The number of aliphatic hydroxyl groups is 1. The molecule has 6 atom stereocenters. The molecule has 0 aliphatic carbocycles. The predicted molar refractivity (Wildman–Crippen MR) is 154 cm³/mol. The van der Waals surface area contributed by atoms with Crippen LogP contribution in [0.3, 0.4) is 0 Å². The normalized spacial score (nSPS) is 23.9. The van der Waals surface area contributed by atoms with Crippen molar-refractivity contribution in [2.75, 3.05) is 12.3 Å². The van der Waals surface area contributed by atoms with Gasteiger partial charge >= 0.3 is 13.7 Å². The Morgan fingerprint density at radius 3 is 2.67 bits per heavy atom. The van der Waals surface area contributed by atoms with Gasteiger partial charge in [-0.15, -0.1) is 0 Å². The van der Waals surface area contributed by atoms with Gasteiger partial charge in [0.25, 0.3) is 12.0 Å². The number of hydrogen-bond donors (Lipinski definition) is 4. The second-order valence-corrected chi connectivity index (χ2v) is 12.3. The number of rotatable bonds is 11. The SMILES string of the molecule is CC(C)OC(=O)C(C)NP(=O)(OCC1(C(F)F)OC(n2cnc3c(=O)[nH]c(N)nc32)C(F)C1O)Oc1cccc2ccccc12. The van der Waals surface area contributed by atoms with E-state index in [1.165, 1.54) is 13.0 Å². The van der Waals surface area contributed by atoms with Gasteiger partial charge in [0.1, 0.15) is 17.9 Å². The minimum atomic E-state index is -4.80. The Bertz CT molecular complexity index is 1820. The highest BCUT2D eigenvalue weighted by Crippen LogP contribution is 2.51. The number of alkyl halides is 3. The van der Waals surface area contributed by atoms with Crippen LogP contribution in [0.1, 0.15) is 27.0 Å². The standard InChI is InChI=1S/C27H30F3N6O8P/c1-13(2)42-24(39)14(3)35-45(40,44-17-10-6-8-15-7-4-5-9-16(15)17)41-11-27(25(29)30)20(37)18(28)23(43-27)36-12-32-19-21(36)33-26(31)34-22(19)38/h4-10,12-14,18,20,23,25,37H,11H2,1-3H3,(H,35,40)(H3,31,33,34,38). The molecule has 0 radical (unpaired) electrons. The molecule has 14 nitrogen and oxygen atoms in total. The van der Waals surface area contributed by atoms with Gasteiger partial charge < -0.3 is 24.8 Å². The molecule has 0 bridgehead atoms. The molecule has 0 saturated carbocycles. The fourth-order valence-electron chi connectivity index (χ4n) is 4.79. The summed E-state index contributed by atoms with van der Waals surface area (Å²) < 4.78 is 81.8. The Kier molecular flexibility index (Phi) is 8.92. The molecule has 6 unspecified atom stereocenters. The van der Waals surface area contributed by atoms with Crippen LogP contribution in [0.15, 0.2) is 53.6 Å². The highest BCUT2D eigenvalue weighted by atomic mass is 31.2. The second-order valence-electron chi connectivity index (χ2n) is 10.6. The van der Waals surface area contributed by atoms with Crippen molar-refractivity contribution in [1.29, 1.82) is 0 Å². The van der Waals surface area contributed by atoms with Crippen molar-refractivity contribution in [2.24, 2.45) is 0 Å². The number of anilines is 1. The number of ether oxygens (including phenoxy) is 2. The number of nitrogens with two attached hydrogens (primary N) is 1. The Labute approximate surface area is 253 Å². The number of esters is 1. The van der Waals surface area contributed by atoms with Crippen molar-refractivity contribution >= 4 is 41.6 Å². The molecule has 1 aliphatic heterocycles. The van der Waals surface area contributed by atoms with E-state index in [2.05, 4.69) is 20.0 Å². The third kappa shape index (κ3) is 6.26. The summed E-state index contributed by atoms with van der Waals surface area (Å²) in [4.78, 5) is 34.6. The number of nitrogens with zero attached hydrogens (tertiary/aromatic N) is 3.